The summed E-state index contributed by atoms with van der Waals surface area (Å²) in [5.74, 6) is 0. The number of nitrogens with one attached hydrogen (secondary N) is 1. The van der Waals surface area contributed by atoms with Gasteiger partial charge in [0.2, 0.25) is 0 Å². The van der Waals surface area contributed by atoms with Crippen molar-refractivity contribution >= 4 is 9.84 Å². The lowest BCUT2D eigenvalue weighted by Crippen LogP contribution is -2.45. The Morgan fingerprint density at radius 3 is 1.90 bits per heavy atom. The molecule has 21 heavy (non-hydrogen) atoms. The maximum Gasteiger partial charge on any atom is 0.157 e. The zero-order chi connectivity index (χ0) is 15.7. The first-order valence-electron chi connectivity index (χ1n) is 8.94. The summed E-state index contributed by atoms with van der Waals surface area (Å²) < 4.78 is 25.7. The van der Waals surface area contributed by atoms with Gasteiger partial charge >= 0.3 is 0 Å². The molecule has 4 heteroatoms. The van der Waals surface area contributed by atoms with Crippen LogP contribution in [0.1, 0.15) is 84.5 Å². The Kier molecular flexibility index (Phi) is 8.88. The van der Waals surface area contributed by atoms with Crippen LogP contribution in [0.4, 0.5) is 0 Å². The Bertz CT molecular complexity index is 367. The van der Waals surface area contributed by atoms with Gasteiger partial charge in [-0.05, 0) is 33.2 Å². The Hall–Kier alpha value is -0.0900. The number of sulfone groups is 1. The molecule has 1 N–H and O–H groups in total. The molecule has 0 amide bonds. The van der Waals surface area contributed by atoms with E-state index >= 15 is 0 Å². The number of rotatable bonds is 4. The van der Waals surface area contributed by atoms with Crippen LogP contribution in [0.3, 0.4) is 0 Å². The second-order valence-corrected chi connectivity index (χ2v) is 9.24. The van der Waals surface area contributed by atoms with Crippen molar-refractivity contribution in [3.8, 4) is 0 Å². The highest BCUT2D eigenvalue weighted by Crippen LogP contribution is 2.25. The van der Waals surface area contributed by atoms with Crippen LogP contribution in [0.25, 0.3) is 0 Å². The van der Waals surface area contributed by atoms with Crippen LogP contribution in [0, 0.1) is 0 Å². The third kappa shape index (κ3) is 5.90. The Morgan fingerprint density at radius 1 is 0.952 bits per heavy atom. The van der Waals surface area contributed by atoms with Crippen molar-refractivity contribution in [2.45, 2.75) is 101 Å². The van der Waals surface area contributed by atoms with Gasteiger partial charge in [-0.25, -0.2) is 8.42 Å². The molecule has 3 nitrogen and oxygen atoms in total. The summed E-state index contributed by atoms with van der Waals surface area (Å²) in [6, 6.07) is 0.128. The van der Waals surface area contributed by atoms with Gasteiger partial charge in [0.05, 0.1) is 10.5 Å². The number of hydrogen-bond acceptors (Lipinski definition) is 3. The molecule has 0 bridgehead atoms. The van der Waals surface area contributed by atoms with Crippen LogP contribution in [0.15, 0.2) is 0 Å². The molecule has 0 aromatic carbocycles. The molecule has 0 radical (unpaired) electrons. The molecule has 1 saturated carbocycles. The van der Waals surface area contributed by atoms with Crippen LogP contribution in [-0.2, 0) is 9.84 Å². The first kappa shape index (κ1) is 19.0. The highest BCUT2D eigenvalue weighted by Gasteiger charge is 2.35. The average Bonchev–Trinajstić information content (AvgIpc) is 2.46. The zero-order valence-corrected chi connectivity index (χ0v) is 15.1. The molecule has 1 fully saturated rings. The lowest BCUT2D eigenvalue weighted by molar-refractivity contribution is 0.416. The minimum atomic E-state index is -3.02. The maximum absolute atomic E-state index is 12.9. The zero-order valence-electron chi connectivity index (χ0n) is 14.2. The summed E-state index contributed by atoms with van der Waals surface area (Å²) in [4.78, 5) is 0. The summed E-state index contributed by atoms with van der Waals surface area (Å²) in [5, 5.41) is 2.90. The van der Waals surface area contributed by atoms with Gasteiger partial charge in [-0.2, -0.15) is 0 Å². The fourth-order valence-corrected chi connectivity index (χ4v) is 5.70. The monoisotopic (exact) mass is 317 g/mol. The molecule has 1 aliphatic carbocycles. The smallest absolute Gasteiger partial charge is 0.157 e. The van der Waals surface area contributed by atoms with Crippen molar-refractivity contribution in [1.29, 1.82) is 0 Å². The largest absolute Gasteiger partial charge is 0.316 e. The molecule has 3 unspecified atom stereocenters. The molecule has 1 rings (SSSR count). The second kappa shape index (κ2) is 9.83. The molecular formula is C17H35NO2S. The van der Waals surface area contributed by atoms with Gasteiger partial charge in [-0.3, -0.25) is 0 Å². The van der Waals surface area contributed by atoms with E-state index in [0.717, 1.165) is 32.1 Å². The van der Waals surface area contributed by atoms with E-state index in [0.29, 0.717) is 0 Å². The van der Waals surface area contributed by atoms with E-state index in [4.69, 9.17) is 0 Å². The normalized spacial score (nSPS) is 28.3. The number of hydrogen-bond donors (Lipinski definition) is 1. The van der Waals surface area contributed by atoms with E-state index in [-0.39, 0.29) is 16.5 Å². The molecule has 3 atom stereocenters. The molecular weight excluding hydrogens is 282 g/mol. The van der Waals surface area contributed by atoms with Crippen molar-refractivity contribution in [1.82, 2.24) is 5.32 Å². The van der Waals surface area contributed by atoms with Crippen LogP contribution in [0.5, 0.6) is 0 Å². The van der Waals surface area contributed by atoms with Gasteiger partial charge in [0, 0.05) is 6.04 Å². The first-order chi connectivity index (χ1) is 10.0. The summed E-state index contributed by atoms with van der Waals surface area (Å²) in [7, 11) is -1.10. The standard InChI is InChI=1S/C17H35NO2S/c1-4-15(2)21(19,20)17-14-12-10-8-6-5-7-9-11-13-16(17)18-3/h15-18H,4-14H2,1-3H3. The predicted molar refractivity (Wildman–Crippen MR) is 91.5 cm³/mol. The first-order valence-corrected chi connectivity index (χ1v) is 10.5. The quantitative estimate of drug-likeness (QED) is 0.850. The summed E-state index contributed by atoms with van der Waals surface area (Å²) in [6.07, 6.45) is 12.4. The lowest BCUT2D eigenvalue weighted by Gasteiger charge is -2.29. The SMILES string of the molecule is CCC(C)S(=O)(=O)C1CCCCCCCCCCC1NC. The van der Waals surface area contributed by atoms with Crippen molar-refractivity contribution < 1.29 is 8.42 Å². The fourth-order valence-electron chi connectivity index (χ4n) is 3.41. The van der Waals surface area contributed by atoms with Crippen molar-refractivity contribution in [3.05, 3.63) is 0 Å². The highest BCUT2D eigenvalue weighted by atomic mass is 32.2. The molecule has 0 aromatic heterocycles. The molecule has 0 saturated heterocycles. The van der Waals surface area contributed by atoms with Crippen molar-refractivity contribution in [3.63, 3.8) is 0 Å². The molecule has 126 valence electrons. The van der Waals surface area contributed by atoms with Crippen molar-refractivity contribution in [2.75, 3.05) is 7.05 Å². The van der Waals surface area contributed by atoms with E-state index in [9.17, 15) is 8.42 Å². The third-order valence-corrected chi connectivity index (χ3v) is 7.99. The minimum absolute atomic E-state index is 0.128. The average molecular weight is 318 g/mol. The second-order valence-electron chi connectivity index (χ2n) is 6.65. The van der Waals surface area contributed by atoms with Gasteiger partial charge in [0.25, 0.3) is 0 Å². The lowest BCUT2D eigenvalue weighted by atomic mass is 9.97. The maximum atomic E-state index is 12.9. The molecule has 0 heterocycles. The predicted octanol–water partition coefficient (Wildman–Crippen LogP) is 4.07. The van der Waals surface area contributed by atoms with Crippen molar-refractivity contribution in [2.24, 2.45) is 0 Å². The Balaban J connectivity index is 2.84. The van der Waals surface area contributed by atoms with Gasteiger partial charge in [-0.15, -0.1) is 0 Å². The minimum Gasteiger partial charge on any atom is -0.316 e. The van der Waals surface area contributed by atoms with Crippen LogP contribution in [-0.4, -0.2) is 32.0 Å². The summed E-state index contributed by atoms with van der Waals surface area (Å²) in [5.41, 5.74) is 0. The molecule has 0 aromatic rings. The topological polar surface area (TPSA) is 46.2 Å². The van der Waals surface area contributed by atoms with Gasteiger partial charge < -0.3 is 5.32 Å². The molecule has 0 spiro atoms. The Labute approximate surface area is 132 Å². The van der Waals surface area contributed by atoms with E-state index in [1.54, 1.807) is 0 Å². The van der Waals surface area contributed by atoms with Gasteiger partial charge in [-0.1, -0.05) is 58.3 Å². The van der Waals surface area contributed by atoms with E-state index in [1.165, 1.54) is 38.5 Å². The molecule has 0 aliphatic heterocycles. The highest BCUT2D eigenvalue weighted by molar-refractivity contribution is 7.92. The van der Waals surface area contributed by atoms with E-state index in [1.807, 2.05) is 20.9 Å². The van der Waals surface area contributed by atoms with Crippen LogP contribution in [0.2, 0.25) is 0 Å². The van der Waals surface area contributed by atoms with E-state index in [2.05, 4.69) is 5.32 Å². The Morgan fingerprint density at radius 2 is 1.43 bits per heavy atom. The summed E-state index contributed by atoms with van der Waals surface area (Å²) >= 11 is 0. The third-order valence-electron chi connectivity index (χ3n) is 5.13. The fraction of sp³-hybridized carbons (Fsp3) is 1.00. The molecule has 1 aliphatic rings. The van der Waals surface area contributed by atoms with E-state index < -0.39 is 9.84 Å². The summed E-state index contributed by atoms with van der Waals surface area (Å²) in [6.45, 7) is 3.85. The van der Waals surface area contributed by atoms with Crippen LogP contribution < -0.4 is 5.32 Å². The van der Waals surface area contributed by atoms with Gasteiger partial charge in [0.1, 0.15) is 0 Å². The van der Waals surface area contributed by atoms with Gasteiger partial charge in [0.15, 0.2) is 9.84 Å². The van der Waals surface area contributed by atoms with Crippen LogP contribution >= 0.6 is 0 Å².